The fraction of sp³-hybridized carbons (Fsp3) is 0.154. The largest absolute Gasteiger partial charge is 0.477 e. The van der Waals surface area contributed by atoms with Crippen LogP contribution in [0.2, 0.25) is 0 Å². The summed E-state index contributed by atoms with van der Waals surface area (Å²) in [6.45, 7) is 0.607. The van der Waals surface area contributed by atoms with Crippen LogP contribution in [0.3, 0.4) is 0 Å². The lowest BCUT2D eigenvalue weighted by Crippen LogP contribution is -2.15. The number of carboxylic acids is 1. The molecule has 94 valence electrons. The number of aromatic carboxylic acids is 1. The molecule has 0 bridgehead atoms. The minimum Gasteiger partial charge on any atom is -0.477 e. The third-order valence-corrected chi connectivity index (χ3v) is 3.48. The van der Waals surface area contributed by atoms with Crippen LogP contribution in [0, 0.1) is 5.82 Å². The molecule has 0 radical (unpaired) electrons. The summed E-state index contributed by atoms with van der Waals surface area (Å²) >= 11 is 1.20. The highest BCUT2D eigenvalue weighted by Crippen LogP contribution is 2.23. The first-order valence-electron chi connectivity index (χ1n) is 5.33. The highest BCUT2D eigenvalue weighted by Gasteiger charge is 2.10. The second-order valence-corrected chi connectivity index (χ2v) is 4.87. The molecule has 0 aliphatic heterocycles. The van der Waals surface area contributed by atoms with Gasteiger partial charge in [-0.3, -0.25) is 0 Å². The summed E-state index contributed by atoms with van der Waals surface area (Å²) in [5.41, 5.74) is 1.82. The van der Waals surface area contributed by atoms with E-state index >= 15 is 0 Å². The van der Waals surface area contributed by atoms with Gasteiger partial charge in [-0.15, -0.1) is 11.3 Å². The lowest BCUT2D eigenvalue weighted by molar-refractivity contribution is 0.0702. The molecule has 0 spiro atoms. The van der Waals surface area contributed by atoms with E-state index in [9.17, 15) is 9.18 Å². The van der Waals surface area contributed by atoms with Crippen molar-refractivity contribution in [3.05, 3.63) is 52.0 Å². The van der Waals surface area contributed by atoms with Crippen molar-refractivity contribution >= 4 is 23.0 Å². The van der Waals surface area contributed by atoms with Crippen LogP contribution >= 0.6 is 11.3 Å². The van der Waals surface area contributed by atoms with E-state index in [1.807, 2.05) is 11.9 Å². The molecule has 1 N–H and O–H groups in total. The van der Waals surface area contributed by atoms with Crippen molar-refractivity contribution in [2.75, 3.05) is 11.9 Å². The van der Waals surface area contributed by atoms with Crippen molar-refractivity contribution in [1.82, 2.24) is 0 Å². The van der Waals surface area contributed by atoms with E-state index < -0.39 is 5.97 Å². The normalized spacial score (nSPS) is 10.3. The lowest BCUT2D eigenvalue weighted by Gasteiger charge is -2.17. The molecule has 0 saturated carbocycles. The molecule has 0 aliphatic rings. The molecule has 0 fully saturated rings. The Labute approximate surface area is 108 Å². The quantitative estimate of drug-likeness (QED) is 0.922. The minimum absolute atomic E-state index is 0.259. The van der Waals surface area contributed by atoms with Gasteiger partial charge in [-0.05, 0) is 23.8 Å². The molecule has 0 aliphatic carbocycles. The summed E-state index contributed by atoms with van der Waals surface area (Å²) in [6, 6.07) is 7.90. The van der Waals surface area contributed by atoms with Crippen molar-refractivity contribution in [2.24, 2.45) is 0 Å². The molecule has 18 heavy (non-hydrogen) atoms. The standard InChI is InChI=1S/C13H12FNO2S/c1-15(7-9-2-4-10(14)5-3-9)11-6-12(13(16)17)18-8-11/h2-6,8H,7H2,1H3,(H,16,17). The Kier molecular flexibility index (Phi) is 3.62. The van der Waals surface area contributed by atoms with Crippen LogP contribution in [-0.4, -0.2) is 18.1 Å². The number of hydrogen-bond donors (Lipinski definition) is 1. The van der Waals surface area contributed by atoms with Gasteiger partial charge in [0.2, 0.25) is 0 Å². The van der Waals surface area contributed by atoms with E-state index in [0.29, 0.717) is 11.4 Å². The lowest BCUT2D eigenvalue weighted by atomic mass is 10.2. The van der Waals surface area contributed by atoms with Crippen LogP contribution in [0.25, 0.3) is 0 Å². The molecule has 2 aromatic rings. The fourth-order valence-corrected chi connectivity index (χ4v) is 2.38. The Morgan fingerprint density at radius 3 is 2.61 bits per heavy atom. The summed E-state index contributed by atoms with van der Waals surface area (Å²) in [6.07, 6.45) is 0. The van der Waals surface area contributed by atoms with E-state index in [-0.39, 0.29) is 5.82 Å². The number of thiophene rings is 1. The van der Waals surface area contributed by atoms with Gasteiger partial charge in [0.15, 0.2) is 0 Å². The number of benzene rings is 1. The maximum atomic E-state index is 12.8. The molecule has 0 unspecified atom stereocenters. The van der Waals surface area contributed by atoms with Crippen molar-refractivity contribution in [3.63, 3.8) is 0 Å². The molecule has 0 saturated heterocycles. The van der Waals surface area contributed by atoms with Crippen LogP contribution in [0.1, 0.15) is 15.2 Å². The van der Waals surface area contributed by atoms with Crippen molar-refractivity contribution in [1.29, 1.82) is 0 Å². The van der Waals surface area contributed by atoms with Crippen molar-refractivity contribution in [2.45, 2.75) is 6.54 Å². The van der Waals surface area contributed by atoms with E-state index in [4.69, 9.17) is 5.11 Å². The minimum atomic E-state index is -0.915. The summed E-state index contributed by atoms with van der Waals surface area (Å²) in [4.78, 5) is 13.0. The molecular weight excluding hydrogens is 253 g/mol. The maximum Gasteiger partial charge on any atom is 0.345 e. The van der Waals surface area contributed by atoms with Gasteiger partial charge < -0.3 is 10.0 Å². The number of anilines is 1. The molecule has 3 nitrogen and oxygen atoms in total. The topological polar surface area (TPSA) is 40.5 Å². The van der Waals surface area contributed by atoms with Gasteiger partial charge in [0, 0.05) is 24.7 Å². The number of rotatable bonds is 4. The number of hydrogen-bond acceptors (Lipinski definition) is 3. The first-order chi connectivity index (χ1) is 8.56. The van der Waals surface area contributed by atoms with Gasteiger partial charge in [0.25, 0.3) is 0 Å². The monoisotopic (exact) mass is 265 g/mol. The summed E-state index contributed by atoms with van der Waals surface area (Å²) < 4.78 is 12.8. The molecule has 2 rings (SSSR count). The Balaban J connectivity index is 2.09. The molecule has 1 aromatic carbocycles. The SMILES string of the molecule is CN(Cc1ccc(F)cc1)c1csc(C(=O)O)c1. The highest BCUT2D eigenvalue weighted by molar-refractivity contribution is 7.12. The first-order valence-corrected chi connectivity index (χ1v) is 6.21. The van der Waals surface area contributed by atoms with Crippen LogP contribution in [-0.2, 0) is 6.54 Å². The van der Waals surface area contributed by atoms with Gasteiger partial charge >= 0.3 is 5.97 Å². The van der Waals surface area contributed by atoms with E-state index in [1.165, 1.54) is 23.5 Å². The third-order valence-electron chi connectivity index (χ3n) is 2.57. The molecule has 0 amide bonds. The Hall–Kier alpha value is -1.88. The third kappa shape index (κ3) is 2.87. The van der Waals surface area contributed by atoms with E-state index in [1.54, 1.807) is 23.6 Å². The number of nitrogens with zero attached hydrogens (tertiary/aromatic N) is 1. The predicted molar refractivity (Wildman–Crippen MR) is 69.8 cm³/mol. The molecule has 1 aromatic heterocycles. The zero-order chi connectivity index (χ0) is 13.1. The second kappa shape index (κ2) is 5.18. The van der Waals surface area contributed by atoms with Gasteiger partial charge in [-0.2, -0.15) is 0 Å². The molecule has 0 atom stereocenters. The van der Waals surface area contributed by atoms with Crippen LogP contribution in [0.15, 0.2) is 35.7 Å². The Morgan fingerprint density at radius 1 is 1.39 bits per heavy atom. The van der Waals surface area contributed by atoms with Gasteiger partial charge in [-0.1, -0.05) is 12.1 Å². The van der Waals surface area contributed by atoms with E-state index in [2.05, 4.69) is 0 Å². The van der Waals surface area contributed by atoms with Crippen LogP contribution in [0.4, 0.5) is 10.1 Å². The van der Waals surface area contributed by atoms with Gasteiger partial charge in [-0.25, -0.2) is 9.18 Å². The number of halogens is 1. The molecule has 5 heteroatoms. The maximum absolute atomic E-state index is 12.8. The summed E-state index contributed by atoms with van der Waals surface area (Å²) in [5, 5.41) is 10.6. The molecular formula is C13H12FNO2S. The predicted octanol–water partition coefficient (Wildman–Crippen LogP) is 3.22. The molecule has 1 heterocycles. The summed E-state index contributed by atoms with van der Waals surface area (Å²) in [5.74, 6) is -1.17. The van der Waals surface area contributed by atoms with Gasteiger partial charge in [0.05, 0.1) is 0 Å². The Morgan fingerprint density at radius 2 is 2.06 bits per heavy atom. The number of carbonyl (C=O) groups is 1. The van der Waals surface area contributed by atoms with Gasteiger partial charge in [0.1, 0.15) is 10.7 Å². The summed E-state index contributed by atoms with van der Waals surface area (Å²) in [7, 11) is 1.87. The van der Waals surface area contributed by atoms with Crippen LogP contribution in [0.5, 0.6) is 0 Å². The van der Waals surface area contributed by atoms with E-state index in [0.717, 1.165) is 11.3 Å². The fourth-order valence-electron chi connectivity index (χ4n) is 1.59. The highest BCUT2D eigenvalue weighted by atomic mass is 32.1. The van der Waals surface area contributed by atoms with Crippen molar-refractivity contribution < 1.29 is 14.3 Å². The average Bonchev–Trinajstić information content (AvgIpc) is 2.81. The number of carboxylic acid groups (broad SMARTS) is 1. The Bertz CT molecular complexity index is 550. The second-order valence-electron chi connectivity index (χ2n) is 3.96. The smallest absolute Gasteiger partial charge is 0.345 e. The van der Waals surface area contributed by atoms with Crippen molar-refractivity contribution in [3.8, 4) is 0 Å². The zero-order valence-corrected chi connectivity index (χ0v) is 10.6. The average molecular weight is 265 g/mol. The van der Waals surface area contributed by atoms with Crippen LogP contribution < -0.4 is 4.90 Å². The zero-order valence-electron chi connectivity index (χ0n) is 9.76. The first kappa shape index (κ1) is 12.6.